The molecular formula is C5H5BrNa2O4S2. The zero-order valence-corrected chi connectivity index (χ0v) is 14.7. The number of aromatic carboxylic acids is 1. The molecule has 0 aliphatic carbocycles. The van der Waals surface area contributed by atoms with Crippen LogP contribution >= 0.6 is 27.3 Å². The van der Waals surface area contributed by atoms with Crippen molar-refractivity contribution in [3.63, 3.8) is 0 Å². The molecule has 14 heavy (non-hydrogen) atoms. The number of hydrogen-bond acceptors (Lipinski definition) is 3. The molecule has 0 aliphatic heterocycles. The van der Waals surface area contributed by atoms with Crippen LogP contribution in [0.15, 0.2) is 14.7 Å². The quantitative estimate of drug-likeness (QED) is 0.431. The average molecular weight is 319 g/mol. The van der Waals surface area contributed by atoms with Crippen molar-refractivity contribution in [2.45, 2.75) is 4.90 Å². The predicted molar refractivity (Wildman–Crippen MR) is 50.2 cm³/mol. The van der Waals surface area contributed by atoms with E-state index in [-0.39, 0.29) is 71.7 Å². The van der Waals surface area contributed by atoms with Gasteiger partial charge in [0.1, 0.15) is 4.88 Å². The van der Waals surface area contributed by atoms with Crippen molar-refractivity contribution < 1.29 is 80.6 Å². The summed E-state index contributed by atoms with van der Waals surface area (Å²) < 4.78 is 19.6. The Morgan fingerprint density at radius 2 is 2.07 bits per heavy atom. The summed E-state index contributed by atoms with van der Waals surface area (Å²) >= 11 is 1.77. The number of carbonyl (C=O) groups is 1. The first kappa shape index (κ1) is 18.1. The largest absolute Gasteiger partial charge is 1.00 e. The molecule has 9 heteroatoms. The van der Waals surface area contributed by atoms with Crippen LogP contribution in [0.1, 0.15) is 12.5 Å². The van der Waals surface area contributed by atoms with Crippen LogP contribution < -0.4 is 59.1 Å². The first-order valence-corrected chi connectivity index (χ1v) is 5.37. The van der Waals surface area contributed by atoms with Crippen molar-refractivity contribution in [1.82, 2.24) is 0 Å². The SMILES string of the molecule is O=C(O)c1cc(S(=O)O)c(Br)s1.[H-].[H-].[Na+].[Na+]. The Kier molecular flexibility index (Phi) is 10.3. The van der Waals surface area contributed by atoms with Crippen molar-refractivity contribution in [2.24, 2.45) is 0 Å². The van der Waals surface area contributed by atoms with Gasteiger partial charge in [-0.15, -0.1) is 11.3 Å². The molecule has 0 spiro atoms. The molecule has 1 rings (SSSR count). The summed E-state index contributed by atoms with van der Waals surface area (Å²) in [6.45, 7) is 0. The Hall–Kier alpha value is 1.76. The van der Waals surface area contributed by atoms with Gasteiger partial charge < -0.3 is 12.5 Å². The fourth-order valence-electron chi connectivity index (χ4n) is 0.577. The van der Waals surface area contributed by atoms with Gasteiger partial charge in [-0.2, -0.15) is 0 Å². The summed E-state index contributed by atoms with van der Waals surface area (Å²) in [6.07, 6.45) is 0. The average Bonchev–Trinajstić information content (AvgIpc) is 2.30. The smallest absolute Gasteiger partial charge is 1.00 e. The molecule has 1 aromatic heterocycles. The second-order valence-corrected chi connectivity index (χ2v) is 5.11. The molecule has 1 atom stereocenters. The van der Waals surface area contributed by atoms with E-state index < -0.39 is 17.0 Å². The van der Waals surface area contributed by atoms with Crippen LogP contribution in [0, 0.1) is 0 Å². The fourth-order valence-corrected chi connectivity index (χ4v) is 3.02. The number of rotatable bonds is 2. The Balaban J connectivity index is -0.000000180. The van der Waals surface area contributed by atoms with E-state index in [4.69, 9.17) is 9.66 Å². The van der Waals surface area contributed by atoms with Crippen LogP contribution in [0.3, 0.4) is 0 Å². The predicted octanol–water partition coefficient (Wildman–Crippen LogP) is -3.98. The maximum Gasteiger partial charge on any atom is 1.00 e. The van der Waals surface area contributed by atoms with Crippen LogP contribution in [0.25, 0.3) is 0 Å². The molecule has 0 aliphatic rings. The molecule has 1 heterocycles. The minimum absolute atomic E-state index is 0. The molecule has 0 aromatic carbocycles. The Labute approximate surface area is 142 Å². The molecule has 2 N–H and O–H groups in total. The van der Waals surface area contributed by atoms with E-state index in [0.29, 0.717) is 3.79 Å². The standard InChI is InChI=1S/C5H3BrO4S2.2Na.2H/c6-4-3(12(9)10)1-2(11-4)5(7)8;;;;/h1H,(H,7,8)(H,9,10);;;;/q;2*+1;2*-1. The van der Waals surface area contributed by atoms with Gasteiger partial charge in [-0.25, -0.2) is 9.00 Å². The van der Waals surface area contributed by atoms with Crippen molar-refractivity contribution in [3.8, 4) is 0 Å². The maximum absolute atomic E-state index is 10.6. The van der Waals surface area contributed by atoms with Gasteiger partial charge in [-0.05, 0) is 22.0 Å². The first-order chi connectivity index (χ1) is 5.52. The Bertz CT molecular complexity index is 362. The molecular weight excluding hydrogens is 314 g/mol. The minimum atomic E-state index is -2.14. The van der Waals surface area contributed by atoms with Gasteiger partial charge in [-0.3, -0.25) is 0 Å². The Morgan fingerprint density at radius 1 is 1.57 bits per heavy atom. The third-order valence-electron chi connectivity index (χ3n) is 1.05. The van der Waals surface area contributed by atoms with E-state index >= 15 is 0 Å². The second-order valence-electron chi connectivity index (χ2n) is 1.80. The van der Waals surface area contributed by atoms with Crippen molar-refractivity contribution in [2.75, 3.05) is 0 Å². The number of thiophene rings is 1. The summed E-state index contributed by atoms with van der Waals surface area (Å²) in [4.78, 5) is 10.5. The van der Waals surface area contributed by atoms with Crippen LogP contribution in [0.5, 0.6) is 0 Å². The normalized spacial score (nSPS) is 11.0. The third kappa shape index (κ3) is 4.73. The summed E-state index contributed by atoms with van der Waals surface area (Å²) in [7, 11) is 0. The maximum atomic E-state index is 10.6. The molecule has 4 nitrogen and oxygen atoms in total. The molecule has 1 aromatic rings. The van der Waals surface area contributed by atoms with Gasteiger partial charge in [0.05, 0.1) is 8.68 Å². The van der Waals surface area contributed by atoms with E-state index in [1.54, 1.807) is 0 Å². The number of hydrogen-bond donors (Lipinski definition) is 2. The summed E-state index contributed by atoms with van der Waals surface area (Å²) in [6, 6.07) is 1.17. The summed E-state index contributed by atoms with van der Waals surface area (Å²) in [5.41, 5.74) is 0. The van der Waals surface area contributed by atoms with E-state index in [2.05, 4.69) is 15.9 Å². The van der Waals surface area contributed by atoms with Gasteiger partial charge in [-0.1, -0.05) is 0 Å². The molecule has 0 bridgehead atoms. The van der Waals surface area contributed by atoms with E-state index in [0.717, 1.165) is 11.3 Å². The van der Waals surface area contributed by atoms with Crippen molar-refractivity contribution in [1.29, 1.82) is 0 Å². The van der Waals surface area contributed by atoms with E-state index in [1.807, 2.05) is 0 Å². The van der Waals surface area contributed by atoms with Crippen molar-refractivity contribution >= 4 is 44.3 Å². The molecule has 0 amide bonds. The molecule has 0 saturated carbocycles. The Morgan fingerprint density at radius 3 is 2.29 bits per heavy atom. The fraction of sp³-hybridized carbons (Fsp3) is 0. The number of carboxylic acids is 1. The van der Waals surface area contributed by atoms with Crippen LogP contribution in [-0.4, -0.2) is 19.8 Å². The topological polar surface area (TPSA) is 74.6 Å². The van der Waals surface area contributed by atoms with Gasteiger partial charge in [0.2, 0.25) is 0 Å². The molecule has 70 valence electrons. The zero-order chi connectivity index (χ0) is 9.30. The van der Waals surface area contributed by atoms with Gasteiger partial charge in [0.25, 0.3) is 0 Å². The molecule has 0 radical (unpaired) electrons. The van der Waals surface area contributed by atoms with Gasteiger partial charge in [0.15, 0.2) is 11.1 Å². The third-order valence-corrected chi connectivity index (χ3v) is 3.97. The molecule has 1 unspecified atom stereocenters. The van der Waals surface area contributed by atoms with Gasteiger partial charge in [0, 0.05) is 0 Å². The second kappa shape index (κ2) is 7.94. The van der Waals surface area contributed by atoms with Crippen LogP contribution in [0.2, 0.25) is 0 Å². The number of carboxylic acid groups (broad SMARTS) is 1. The molecule has 0 fully saturated rings. The zero-order valence-electron chi connectivity index (χ0n) is 9.48. The molecule has 0 saturated heterocycles. The van der Waals surface area contributed by atoms with Crippen molar-refractivity contribution in [3.05, 3.63) is 14.7 Å². The minimum Gasteiger partial charge on any atom is -1.00 e. The van der Waals surface area contributed by atoms with E-state index in [9.17, 15) is 9.00 Å². The summed E-state index contributed by atoms with van der Waals surface area (Å²) in [5, 5.41) is 8.51. The first-order valence-electron chi connectivity index (χ1n) is 2.66. The van der Waals surface area contributed by atoms with Gasteiger partial charge >= 0.3 is 65.1 Å². The number of halogens is 1. The monoisotopic (exact) mass is 318 g/mol. The van der Waals surface area contributed by atoms with Crippen LogP contribution in [0.4, 0.5) is 0 Å². The summed E-state index contributed by atoms with van der Waals surface area (Å²) in [5.74, 6) is -1.10. The van der Waals surface area contributed by atoms with Crippen LogP contribution in [-0.2, 0) is 11.1 Å². The van der Waals surface area contributed by atoms with E-state index in [1.165, 1.54) is 6.07 Å².